The summed E-state index contributed by atoms with van der Waals surface area (Å²) in [6.07, 6.45) is -3.08. The van der Waals surface area contributed by atoms with Crippen molar-refractivity contribution in [2.24, 2.45) is 0 Å². The molecule has 2 aromatic carbocycles. The molecule has 0 aliphatic carbocycles. The van der Waals surface area contributed by atoms with Crippen LogP contribution in [0.15, 0.2) is 54.9 Å². The SMILES string of the molecule is CNc1cc(-n2nc(CN3CCOC(C)C3)cc2Nc2cc(NC(=O)Nc3ccc(Cl)c(C(F)(F)F)c3)ccc2C)ncn1. The fraction of sp³-hybridized carbons (Fsp3) is 0.310. The van der Waals surface area contributed by atoms with E-state index in [-0.39, 0.29) is 11.8 Å². The fourth-order valence-corrected chi connectivity index (χ4v) is 4.94. The molecule has 1 aliphatic rings. The summed E-state index contributed by atoms with van der Waals surface area (Å²) in [7, 11) is 1.76. The molecule has 1 saturated heterocycles. The number of nitrogens with zero attached hydrogens (tertiary/aromatic N) is 5. The second kappa shape index (κ2) is 13.1. The van der Waals surface area contributed by atoms with Crippen LogP contribution in [0.2, 0.25) is 5.02 Å². The van der Waals surface area contributed by atoms with Gasteiger partial charge >= 0.3 is 12.2 Å². The van der Waals surface area contributed by atoms with Crippen LogP contribution in [0.5, 0.6) is 0 Å². The number of aryl methyl sites for hydroxylation is 1. The molecule has 232 valence electrons. The van der Waals surface area contributed by atoms with Crippen molar-refractivity contribution in [1.82, 2.24) is 24.6 Å². The van der Waals surface area contributed by atoms with Crippen molar-refractivity contribution >= 4 is 46.3 Å². The lowest BCUT2D eigenvalue weighted by Crippen LogP contribution is -2.40. The van der Waals surface area contributed by atoms with Crippen molar-refractivity contribution in [2.75, 3.05) is 48.0 Å². The Morgan fingerprint density at radius 1 is 1.09 bits per heavy atom. The van der Waals surface area contributed by atoms with Gasteiger partial charge < -0.3 is 26.0 Å². The summed E-state index contributed by atoms with van der Waals surface area (Å²) in [4.78, 5) is 23.6. The molecule has 4 aromatic rings. The number of morpholine rings is 1. The second-order valence-electron chi connectivity index (χ2n) is 10.3. The lowest BCUT2D eigenvalue weighted by atomic mass is 10.1. The van der Waals surface area contributed by atoms with Gasteiger partial charge in [-0.05, 0) is 49.7 Å². The van der Waals surface area contributed by atoms with Gasteiger partial charge in [0.15, 0.2) is 5.82 Å². The summed E-state index contributed by atoms with van der Waals surface area (Å²) in [5.41, 5.74) is 1.68. The van der Waals surface area contributed by atoms with E-state index in [9.17, 15) is 18.0 Å². The first-order valence-corrected chi connectivity index (χ1v) is 14.1. The van der Waals surface area contributed by atoms with Gasteiger partial charge in [0.1, 0.15) is 18.0 Å². The Morgan fingerprint density at radius 2 is 1.84 bits per heavy atom. The number of hydrogen-bond acceptors (Lipinski definition) is 8. The standard InChI is InChI=1S/C29H31ClF3N9O2/c1-17-4-5-20(38-28(43)37-19-6-7-23(30)22(10-19)29(31,32)33)11-24(17)39-27-12-21(15-41-8-9-44-18(2)14-41)40-42(27)26-13-25(34-3)35-16-36-26/h4-7,10-13,16,18,39H,8-9,14-15H2,1-3H3,(H,34,35,36)(H2,37,38,43). The molecule has 0 radical (unpaired) electrons. The lowest BCUT2D eigenvalue weighted by molar-refractivity contribution is -0.137. The van der Waals surface area contributed by atoms with Gasteiger partial charge in [-0.3, -0.25) is 4.90 Å². The van der Waals surface area contributed by atoms with Gasteiger partial charge in [0.05, 0.1) is 29.0 Å². The van der Waals surface area contributed by atoms with Crippen LogP contribution in [0, 0.1) is 6.92 Å². The largest absolute Gasteiger partial charge is 0.417 e. The highest BCUT2D eigenvalue weighted by Crippen LogP contribution is 2.36. The first kappa shape index (κ1) is 31.0. The average Bonchev–Trinajstić information content (AvgIpc) is 3.37. The monoisotopic (exact) mass is 629 g/mol. The van der Waals surface area contributed by atoms with Gasteiger partial charge in [-0.25, -0.2) is 14.8 Å². The Labute approximate surface area is 256 Å². The number of nitrogens with one attached hydrogen (secondary N) is 4. The fourth-order valence-electron chi connectivity index (χ4n) is 4.72. The molecular weight excluding hydrogens is 599 g/mol. The van der Waals surface area contributed by atoms with Gasteiger partial charge in [0.2, 0.25) is 0 Å². The molecule has 0 spiro atoms. The highest BCUT2D eigenvalue weighted by atomic mass is 35.5. The number of halogens is 4. The van der Waals surface area contributed by atoms with Crippen LogP contribution in [0.4, 0.5) is 46.7 Å². The van der Waals surface area contributed by atoms with Gasteiger partial charge in [0, 0.05) is 55.9 Å². The highest BCUT2D eigenvalue weighted by Gasteiger charge is 2.33. The Balaban J connectivity index is 1.37. The zero-order chi connectivity index (χ0) is 31.4. The number of carbonyl (C=O) groups excluding carboxylic acids is 1. The van der Waals surface area contributed by atoms with E-state index in [4.69, 9.17) is 21.4 Å². The zero-order valence-corrected chi connectivity index (χ0v) is 24.9. The molecule has 4 N–H and O–H groups in total. The summed E-state index contributed by atoms with van der Waals surface area (Å²) in [5, 5.41) is 15.9. The van der Waals surface area contributed by atoms with Gasteiger partial charge in [-0.2, -0.15) is 23.0 Å². The van der Waals surface area contributed by atoms with Gasteiger partial charge in [-0.1, -0.05) is 17.7 Å². The molecule has 15 heteroatoms. The number of amides is 2. The molecule has 1 fully saturated rings. The Bertz CT molecular complexity index is 1650. The maximum Gasteiger partial charge on any atom is 0.417 e. The van der Waals surface area contributed by atoms with E-state index in [2.05, 4.69) is 36.1 Å². The topological polar surface area (TPSA) is 121 Å². The van der Waals surface area contributed by atoms with Crippen molar-refractivity contribution in [2.45, 2.75) is 32.7 Å². The molecule has 2 amide bonds. The van der Waals surface area contributed by atoms with Gasteiger partial charge in [-0.15, -0.1) is 0 Å². The molecule has 1 unspecified atom stereocenters. The summed E-state index contributed by atoms with van der Waals surface area (Å²) in [6, 6.07) is 11.4. The smallest absolute Gasteiger partial charge is 0.376 e. The third kappa shape index (κ3) is 7.56. The third-order valence-corrected chi connectivity index (χ3v) is 7.21. The van der Waals surface area contributed by atoms with Crippen LogP contribution in [-0.2, 0) is 17.5 Å². The minimum atomic E-state index is -4.66. The van der Waals surface area contributed by atoms with E-state index in [0.717, 1.165) is 36.5 Å². The predicted octanol–water partition coefficient (Wildman–Crippen LogP) is 6.29. The van der Waals surface area contributed by atoms with Gasteiger partial charge in [0.25, 0.3) is 0 Å². The van der Waals surface area contributed by atoms with Crippen LogP contribution in [0.1, 0.15) is 23.7 Å². The highest BCUT2D eigenvalue weighted by molar-refractivity contribution is 6.31. The molecule has 1 atom stereocenters. The van der Waals surface area contributed by atoms with E-state index in [1.165, 1.54) is 12.4 Å². The number of carbonyl (C=O) groups is 1. The summed E-state index contributed by atoms with van der Waals surface area (Å²) < 4.78 is 47.1. The van der Waals surface area contributed by atoms with Crippen molar-refractivity contribution in [3.05, 3.63) is 76.7 Å². The molecule has 44 heavy (non-hydrogen) atoms. The third-order valence-electron chi connectivity index (χ3n) is 6.88. The number of urea groups is 1. The maximum atomic E-state index is 13.2. The van der Waals surface area contributed by atoms with Crippen LogP contribution in [0.25, 0.3) is 5.82 Å². The van der Waals surface area contributed by atoms with E-state index in [1.54, 1.807) is 29.9 Å². The van der Waals surface area contributed by atoms with Crippen LogP contribution in [0.3, 0.4) is 0 Å². The van der Waals surface area contributed by atoms with E-state index in [0.29, 0.717) is 42.0 Å². The van der Waals surface area contributed by atoms with E-state index in [1.807, 2.05) is 26.0 Å². The number of benzene rings is 2. The molecule has 0 saturated carbocycles. The summed E-state index contributed by atoms with van der Waals surface area (Å²) in [5.74, 6) is 1.80. The van der Waals surface area contributed by atoms with Crippen LogP contribution in [-0.4, -0.2) is 63.5 Å². The second-order valence-corrected chi connectivity index (χ2v) is 10.7. The normalized spacial score (nSPS) is 15.6. The zero-order valence-electron chi connectivity index (χ0n) is 24.2. The predicted molar refractivity (Wildman–Crippen MR) is 163 cm³/mol. The molecule has 2 aromatic heterocycles. The summed E-state index contributed by atoms with van der Waals surface area (Å²) in [6.45, 7) is 6.78. The van der Waals surface area contributed by atoms with Crippen LogP contribution >= 0.6 is 11.6 Å². The number of rotatable bonds is 8. The Kier molecular flexibility index (Phi) is 9.22. The van der Waals surface area contributed by atoms with Crippen molar-refractivity contribution in [1.29, 1.82) is 0 Å². The molecule has 0 bridgehead atoms. The Hall–Kier alpha value is -4.40. The number of ether oxygens (including phenoxy) is 1. The average molecular weight is 630 g/mol. The molecular formula is C29H31ClF3N9O2. The Morgan fingerprint density at radius 3 is 2.57 bits per heavy atom. The van der Waals surface area contributed by atoms with Crippen molar-refractivity contribution in [3.8, 4) is 5.82 Å². The van der Waals surface area contributed by atoms with E-state index >= 15 is 0 Å². The summed E-state index contributed by atoms with van der Waals surface area (Å²) >= 11 is 5.69. The quantitative estimate of drug-likeness (QED) is 0.179. The number of hydrogen-bond donors (Lipinski definition) is 4. The number of aromatic nitrogens is 4. The maximum absolute atomic E-state index is 13.2. The minimum Gasteiger partial charge on any atom is -0.376 e. The van der Waals surface area contributed by atoms with Crippen LogP contribution < -0.4 is 21.3 Å². The van der Waals surface area contributed by atoms with E-state index < -0.39 is 22.8 Å². The minimum absolute atomic E-state index is 0.0541. The lowest BCUT2D eigenvalue weighted by Gasteiger charge is -2.30. The molecule has 1 aliphatic heterocycles. The number of anilines is 5. The number of alkyl halides is 3. The van der Waals surface area contributed by atoms with Crippen molar-refractivity contribution in [3.63, 3.8) is 0 Å². The molecule has 11 nitrogen and oxygen atoms in total. The first-order valence-electron chi connectivity index (χ1n) is 13.7. The molecule has 3 heterocycles. The van der Waals surface area contributed by atoms with Crippen molar-refractivity contribution < 1.29 is 22.7 Å². The first-order chi connectivity index (χ1) is 21.0. The molecule has 5 rings (SSSR count).